The van der Waals surface area contributed by atoms with Gasteiger partial charge in [0.1, 0.15) is 16.7 Å². The van der Waals surface area contributed by atoms with Crippen molar-refractivity contribution in [2.45, 2.75) is 56.7 Å². The molecule has 2 aliphatic rings. The Morgan fingerprint density at radius 1 is 1.26 bits per heavy atom. The molecule has 1 aliphatic carbocycles. The zero-order valence-electron chi connectivity index (χ0n) is 20.2. The minimum atomic E-state index is -3.82. The lowest BCUT2D eigenvalue weighted by molar-refractivity contribution is 0.0733. The third kappa shape index (κ3) is 5.35. The van der Waals surface area contributed by atoms with E-state index in [1.54, 1.807) is 25.4 Å². The zero-order valence-corrected chi connectivity index (χ0v) is 21.0. The Morgan fingerprint density at radius 2 is 2.03 bits per heavy atom. The Morgan fingerprint density at radius 3 is 2.71 bits per heavy atom. The first-order chi connectivity index (χ1) is 16.3. The molecule has 2 aromatic rings. The molecule has 1 aromatic carbocycles. The molecule has 0 saturated carbocycles. The van der Waals surface area contributed by atoms with Gasteiger partial charge in [0.25, 0.3) is 0 Å². The molecule has 1 N–H and O–H groups in total. The highest BCUT2D eigenvalue weighted by atomic mass is 32.2. The van der Waals surface area contributed by atoms with E-state index in [1.165, 1.54) is 9.88 Å². The number of allylic oxidation sites excluding steroid dienone is 2. The Balaban J connectivity index is 1.69. The molecule has 0 fully saturated rings. The molecule has 8 heteroatoms. The van der Waals surface area contributed by atoms with Crippen LogP contribution in [0.15, 0.2) is 53.7 Å². The molecule has 3 atom stereocenters. The van der Waals surface area contributed by atoms with Crippen LogP contribution in [0.3, 0.4) is 0 Å². The largest absolute Gasteiger partial charge is 0.487 e. The molecule has 7 nitrogen and oxygen atoms in total. The molecule has 0 saturated heterocycles. The fraction of sp³-hybridized carbons (Fsp3) is 0.500. The third-order valence-electron chi connectivity index (χ3n) is 6.77. The number of hydrogen-bond acceptors (Lipinski definition) is 6. The molecule has 0 unspecified atom stereocenters. The van der Waals surface area contributed by atoms with Crippen LogP contribution in [0.25, 0.3) is 5.57 Å². The first kappa shape index (κ1) is 24.9. The van der Waals surface area contributed by atoms with E-state index in [2.05, 4.69) is 16.0 Å². The van der Waals surface area contributed by atoms with E-state index in [4.69, 9.17) is 4.74 Å². The molecule has 1 aromatic heterocycles. The predicted octanol–water partition coefficient (Wildman–Crippen LogP) is 3.55. The van der Waals surface area contributed by atoms with Crippen molar-refractivity contribution in [2.75, 3.05) is 26.7 Å². The summed E-state index contributed by atoms with van der Waals surface area (Å²) < 4.78 is 35.2. The Kier molecular flexibility index (Phi) is 7.72. The van der Waals surface area contributed by atoms with Crippen molar-refractivity contribution >= 4 is 15.6 Å². The number of ether oxygens (including phenoxy) is 1. The van der Waals surface area contributed by atoms with Crippen LogP contribution in [0.2, 0.25) is 0 Å². The van der Waals surface area contributed by atoms with Gasteiger partial charge < -0.3 is 9.84 Å². The summed E-state index contributed by atoms with van der Waals surface area (Å²) in [4.78, 5) is 6.45. The molecule has 34 heavy (non-hydrogen) atoms. The average Bonchev–Trinajstić information content (AvgIpc) is 3.36. The van der Waals surface area contributed by atoms with E-state index < -0.39 is 16.1 Å². The standard InChI is InChI=1S/C26H35N3O4S/c1-19-15-29(20(2)18-30)34(31,32)26-9-8-23(22-6-4-5-7-22)14-24(26)33-25(19)17-28(3)16-21-10-12-27-13-11-21/h6,8-14,19-20,25,30H,4-5,7,15-18H2,1-3H3/t19-,20-,25+/m1/s1. The van der Waals surface area contributed by atoms with Crippen molar-refractivity contribution in [3.8, 4) is 5.75 Å². The van der Waals surface area contributed by atoms with Crippen LogP contribution in [0.1, 0.15) is 44.2 Å². The van der Waals surface area contributed by atoms with Gasteiger partial charge in [0.05, 0.1) is 6.61 Å². The summed E-state index contributed by atoms with van der Waals surface area (Å²) in [6.45, 7) is 5.19. The molecule has 0 bridgehead atoms. The quantitative estimate of drug-likeness (QED) is 0.646. The molecular weight excluding hydrogens is 450 g/mol. The summed E-state index contributed by atoms with van der Waals surface area (Å²) in [6, 6.07) is 8.91. The van der Waals surface area contributed by atoms with E-state index in [-0.39, 0.29) is 30.1 Å². The zero-order chi connectivity index (χ0) is 24.3. The van der Waals surface area contributed by atoms with Crippen LogP contribution in [0.5, 0.6) is 5.75 Å². The van der Waals surface area contributed by atoms with Gasteiger partial charge in [-0.05, 0) is 74.2 Å². The van der Waals surface area contributed by atoms with E-state index >= 15 is 0 Å². The van der Waals surface area contributed by atoms with Gasteiger partial charge in [-0.15, -0.1) is 0 Å². The highest BCUT2D eigenvalue weighted by Crippen LogP contribution is 2.37. The normalized spacial score (nSPS) is 23.5. The number of fused-ring (bicyclic) bond motifs is 1. The highest BCUT2D eigenvalue weighted by molar-refractivity contribution is 7.89. The van der Waals surface area contributed by atoms with Crippen molar-refractivity contribution in [3.63, 3.8) is 0 Å². The minimum Gasteiger partial charge on any atom is -0.487 e. The lowest BCUT2D eigenvalue weighted by Crippen LogP contribution is -2.49. The maximum Gasteiger partial charge on any atom is 0.247 e. The van der Waals surface area contributed by atoms with Gasteiger partial charge in [-0.1, -0.05) is 19.1 Å². The molecule has 0 amide bonds. The Bertz CT molecular complexity index is 1120. The minimum absolute atomic E-state index is 0.0776. The second kappa shape index (κ2) is 10.6. The van der Waals surface area contributed by atoms with E-state index in [0.29, 0.717) is 12.3 Å². The number of rotatable bonds is 7. The number of benzene rings is 1. The second-order valence-corrected chi connectivity index (χ2v) is 11.4. The fourth-order valence-corrected chi connectivity index (χ4v) is 6.57. The number of likely N-dealkylation sites (N-methyl/N-ethyl adjacent to an activating group) is 1. The van der Waals surface area contributed by atoms with Gasteiger partial charge in [0, 0.05) is 44.0 Å². The first-order valence-corrected chi connectivity index (χ1v) is 13.4. The molecular formula is C26H35N3O4S. The van der Waals surface area contributed by atoms with Gasteiger partial charge in [0.2, 0.25) is 10.0 Å². The van der Waals surface area contributed by atoms with Gasteiger partial charge in [-0.2, -0.15) is 4.31 Å². The Hall–Kier alpha value is -2.26. The van der Waals surface area contributed by atoms with Crippen LogP contribution in [0.4, 0.5) is 0 Å². The topological polar surface area (TPSA) is 83.0 Å². The summed E-state index contributed by atoms with van der Waals surface area (Å²) in [6.07, 6.45) is 8.73. The maximum atomic E-state index is 13.6. The van der Waals surface area contributed by atoms with Crippen molar-refractivity contribution in [1.29, 1.82) is 0 Å². The Labute approximate surface area is 203 Å². The monoisotopic (exact) mass is 485 g/mol. The first-order valence-electron chi connectivity index (χ1n) is 12.0. The molecule has 184 valence electrons. The van der Waals surface area contributed by atoms with Gasteiger partial charge in [-0.25, -0.2) is 8.42 Å². The van der Waals surface area contributed by atoms with Crippen molar-refractivity contribution in [3.05, 3.63) is 59.9 Å². The maximum absolute atomic E-state index is 13.6. The van der Waals surface area contributed by atoms with Crippen LogP contribution in [0, 0.1) is 5.92 Å². The SMILES string of the molecule is C[C@@H]1CN([C@H](C)CO)S(=O)(=O)c2ccc(C3=CCCC3)cc2O[C@H]1CN(C)Cc1ccncc1. The van der Waals surface area contributed by atoms with E-state index in [1.807, 2.05) is 38.2 Å². The van der Waals surface area contributed by atoms with Crippen molar-refractivity contribution < 1.29 is 18.3 Å². The third-order valence-corrected chi connectivity index (χ3v) is 8.79. The lowest BCUT2D eigenvalue weighted by Gasteiger charge is -2.37. The lowest BCUT2D eigenvalue weighted by atomic mass is 10.0. The summed E-state index contributed by atoms with van der Waals surface area (Å²) >= 11 is 0. The number of hydrogen-bond donors (Lipinski definition) is 1. The number of aliphatic hydroxyl groups is 1. The molecule has 4 rings (SSSR count). The van der Waals surface area contributed by atoms with E-state index in [0.717, 1.165) is 36.9 Å². The highest BCUT2D eigenvalue weighted by Gasteiger charge is 2.38. The van der Waals surface area contributed by atoms with Crippen LogP contribution < -0.4 is 4.74 Å². The van der Waals surface area contributed by atoms with Crippen LogP contribution in [-0.2, 0) is 16.6 Å². The average molecular weight is 486 g/mol. The second-order valence-electron chi connectivity index (χ2n) is 9.58. The van der Waals surface area contributed by atoms with Gasteiger partial charge in [-0.3, -0.25) is 9.88 Å². The number of sulfonamides is 1. The van der Waals surface area contributed by atoms with Gasteiger partial charge in [0.15, 0.2) is 0 Å². The van der Waals surface area contributed by atoms with Gasteiger partial charge >= 0.3 is 0 Å². The van der Waals surface area contributed by atoms with Crippen molar-refractivity contribution in [2.24, 2.45) is 5.92 Å². The smallest absolute Gasteiger partial charge is 0.247 e. The predicted molar refractivity (Wildman–Crippen MR) is 133 cm³/mol. The van der Waals surface area contributed by atoms with Crippen LogP contribution >= 0.6 is 0 Å². The summed E-state index contributed by atoms with van der Waals surface area (Å²) in [7, 11) is -1.78. The van der Waals surface area contributed by atoms with Crippen LogP contribution in [-0.4, -0.2) is 66.6 Å². The van der Waals surface area contributed by atoms with Crippen molar-refractivity contribution in [1.82, 2.24) is 14.2 Å². The summed E-state index contributed by atoms with van der Waals surface area (Å²) in [5, 5.41) is 9.82. The molecule has 2 heterocycles. The number of aromatic nitrogens is 1. The molecule has 1 aliphatic heterocycles. The fourth-order valence-electron chi connectivity index (χ4n) is 4.75. The number of nitrogens with zero attached hydrogens (tertiary/aromatic N) is 3. The van der Waals surface area contributed by atoms with E-state index in [9.17, 15) is 13.5 Å². The summed E-state index contributed by atoms with van der Waals surface area (Å²) in [5.41, 5.74) is 3.42. The number of aliphatic hydroxyl groups excluding tert-OH is 1. The summed E-state index contributed by atoms with van der Waals surface area (Å²) in [5.74, 6) is 0.320. The number of pyridine rings is 1. The molecule has 0 spiro atoms. The molecule has 0 radical (unpaired) electrons.